The van der Waals surface area contributed by atoms with Crippen molar-refractivity contribution in [2.24, 2.45) is 5.92 Å². The van der Waals surface area contributed by atoms with Crippen LogP contribution in [0.4, 0.5) is 17.3 Å². The number of fused-ring (bicyclic) bond motifs is 2. The summed E-state index contributed by atoms with van der Waals surface area (Å²) in [6.45, 7) is 1.25. The minimum Gasteiger partial charge on any atom is -0.436 e. The predicted octanol–water partition coefficient (Wildman–Crippen LogP) is 3.01. The Kier molecular flexibility index (Phi) is 4.25. The molecule has 1 aliphatic carbocycles. The summed E-state index contributed by atoms with van der Waals surface area (Å²) in [5.74, 6) is 1.74. The van der Waals surface area contributed by atoms with Crippen molar-refractivity contribution < 1.29 is 14.3 Å². The summed E-state index contributed by atoms with van der Waals surface area (Å²) >= 11 is 0. The standard InChI is InChI=1S/C23H22N6O3/c1-24-21-16-8-25-20(28-22(31)12-2-3-12)7-15(16)17(9-26-21)23-27-18-6-13(4-5-19(18)32-23)29-10-14(30)11-29/h4-9,12,14,30H,2-3,10-11H2,1H3,(H,24,26)(H,25,28,31). The highest BCUT2D eigenvalue weighted by atomic mass is 16.3. The molecule has 0 atom stereocenters. The van der Waals surface area contributed by atoms with E-state index in [1.54, 1.807) is 19.4 Å². The SMILES string of the molecule is CNc1ncc(-c2nc3cc(N4CC(O)C4)ccc3o2)c2cc(NC(=O)C3CC3)ncc12. The second-order valence-electron chi connectivity index (χ2n) is 8.38. The van der Waals surface area contributed by atoms with Gasteiger partial charge in [0.05, 0.1) is 11.7 Å². The maximum Gasteiger partial charge on any atom is 0.229 e. The van der Waals surface area contributed by atoms with Crippen molar-refractivity contribution in [1.82, 2.24) is 15.0 Å². The maximum atomic E-state index is 12.2. The van der Waals surface area contributed by atoms with Crippen LogP contribution in [0, 0.1) is 5.92 Å². The molecule has 0 radical (unpaired) electrons. The fourth-order valence-corrected chi connectivity index (χ4v) is 4.04. The predicted molar refractivity (Wildman–Crippen MR) is 122 cm³/mol. The van der Waals surface area contributed by atoms with Crippen molar-refractivity contribution in [2.75, 3.05) is 35.7 Å². The van der Waals surface area contributed by atoms with E-state index in [0.717, 1.165) is 40.4 Å². The van der Waals surface area contributed by atoms with Crippen LogP contribution in [0.3, 0.4) is 0 Å². The molecule has 4 aromatic rings. The summed E-state index contributed by atoms with van der Waals surface area (Å²) in [6, 6.07) is 7.68. The molecule has 1 amide bonds. The van der Waals surface area contributed by atoms with Crippen molar-refractivity contribution in [1.29, 1.82) is 0 Å². The topological polar surface area (TPSA) is 116 Å². The van der Waals surface area contributed by atoms with E-state index in [4.69, 9.17) is 9.40 Å². The van der Waals surface area contributed by atoms with Crippen LogP contribution in [0.5, 0.6) is 0 Å². The average Bonchev–Trinajstić information content (AvgIpc) is 3.55. The molecule has 6 rings (SSSR count). The quantitative estimate of drug-likeness (QED) is 0.442. The fourth-order valence-electron chi connectivity index (χ4n) is 4.04. The number of oxazole rings is 1. The minimum atomic E-state index is -0.273. The Balaban J connectivity index is 1.42. The molecular formula is C23H22N6O3. The summed E-state index contributed by atoms with van der Waals surface area (Å²) in [7, 11) is 1.80. The van der Waals surface area contributed by atoms with Gasteiger partial charge in [-0.25, -0.2) is 15.0 Å². The third-order valence-electron chi connectivity index (χ3n) is 6.04. The number of β-amino-alcohol motifs (C(OH)–C–C–N with tert-alkyl or cyclic N) is 1. The van der Waals surface area contributed by atoms with Gasteiger partial charge in [0.25, 0.3) is 0 Å². The van der Waals surface area contributed by atoms with Gasteiger partial charge in [-0.3, -0.25) is 4.79 Å². The van der Waals surface area contributed by atoms with Crippen LogP contribution < -0.4 is 15.5 Å². The minimum absolute atomic E-state index is 0.00630. The number of hydrogen-bond donors (Lipinski definition) is 3. The first-order chi connectivity index (χ1) is 15.6. The number of amides is 1. The second kappa shape index (κ2) is 7.16. The van der Waals surface area contributed by atoms with Crippen LogP contribution >= 0.6 is 0 Å². The number of aliphatic hydroxyl groups excluding tert-OH is 1. The Labute approximate surface area is 183 Å². The molecule has 32 heavy (non-hydrogen) atoms. The highest BCUT2D eigenvalue weighted by molar-refractivity contribution is 6.03. The smallest absolute Gasteiger partial charge is 0.229 e. The van der Waals surface area contributed by atoms with Crippen molar-refractivity contribution in [3.8, 4) is 11.5 Å². The summed E-state index contributed by atoms with van der Waals surface area (Å²) in [5.41, 5.74) is 3.14. The zero-order valence-electron chi connectivity index (χ0n) is 17.5. The van der Waals surface area contributed by atoms with Gasteiger partial charge in [0.1, 0.15) is 17.2 Å². The Morgan fingerprint density at radius 1 is 1.16 bits per heavy atom. The van der Waals surface area contributed by atoms with Gasteiger partial charge in [0.15, 0.2) is 5.58 Å². The molecule has 1 saturated carbocycles. The van der Waals surface area contributed by atoms with E-state index in [9.17, 15) is 9.90 Å². The number of benzene rings is 1. The number of aromatic nitrogens is 3. The fraction of sp³-hybridized carbons (Fsp3) is 0.304. The summed E-state index contributed by atoms with van der Waals surface area (Å²) < 4.78 is 6.07. The van der Waals surface area contributed by atoms with Gasteiger partial charge in [0.2, 0.25) is 11.8 Å². The third kappa shape index (κ3) is 3.21. The number of rotatable bonds is 5. The summed E-state index contributed by atoms with van der Waals surface area (Å²) in [5, 5.41) is 17.2. The van der Waals surface area contributed by atoms with Gasteiger partial charge in [-0.15, -0.1) is 0 Å². The molecule has 0 spiro atoms. The van der Waals surface area contributed by atoms with Crippen LogP contribution in [-0.2, 0) is 4.79 Å². The highest BCUT2D eigenvalue weighted by Gasteiger charge is 2.30. The molecular weight excluding hydrogens is 408 g/mol. The van der Waals surface area contributed by atoms with E-state index in [0.29, 0.717) is 36.2 Å². The Hall–Kier alpha value is -3.72. The van der Waals surface area contributed by atoms with E-state index < -0.39 is 0 Å². The second-order valence-corrected chi connectivity index (χ2v) is 8.38. The summed E-state index contributed by atoms with van der Waals surface area (Å²) in [6.07, 6.45) is 5.01. The largest absolute Gasteiger partial charge is 0.436 e. The number of carbonyl (C=O) groups is 1. The number of nitrogens with zero attached hydrogens (tertiary/aromatic N) is 4. The summed E-state index contributed by atoms with van der Waals surface area (Å²) in [4.78, 5) is 27.9. The zero-order chi connectivity index (χ0) is 21.8. The number of pyridine rings is 2. The molecule has 4 heterocycles. The Morgan fingerprint density at radius 3 is 2.75 bits per heavy atom. The van der Waals surface area contributed by atoms with Gasteiger partial charge >= 0.3 is 0 Å². The molecule has 1 aromatic carbocycles. The maximum absolute atomic E-state index is 12.2. The lowest BCUT2D eigenvalue weighted by Gasteiger charge is -2.37. The van der Waals surface area contributed by atoms with E-state index >= 15 is 0 Å². The number of carbonyl (C=O) groups excluding carboxylic acids is 1. The van der Waals surface area contributed by atoms with Crippen LogP contribution in [0.15, 0.2) is 41.1 Å². The molecule has 9 heteroatoms. The van der Waals surface area contributed by atoms with Crippen LogP contribution in [0.1, 0.15) is 12.8 Å². The Morgan fingerprint density at radius 2 is 2.00 bits per heavy atom. The normalized spacial score (nSPS) is 16.4. The molecule has 3 aromatic heterocycles. The number of anilines is 3. The zero-order valence-corrected chi connectivity index (χ0v) is 17.5. The van der Waals surface area contributed by atoms with Gasteiger partial charge in [-0.05, 0) is 37.1 Å². The third-order valence-corrected chi connectivity index (χ3v) is 6.04. The lowest BCUT2D eigenvalue weighted by Crippen LogP contribution is -2.50. The molecule has 0 unspecified atom stereocenters. The van der Waals surface area contributed by atoms with Gasteiger partial charge in [0, 0.05) is 54.9 Å². The molecule has 162 valence electrons. The van der Waals surface area contributed by atoms with Crippen LogP contribution in [0.2, 0.25) is 0 Å². The highest BCUT2D eigenvalue weighted by Crippen LogP contribution is 2.35. The van der Waals surface area contributed by atoms with Gasteiger partial charge in [-0.2, -0.15) is 0 Å². The lowest BCUT2D eigenvalue weighted by atomic mass is 10.1. The monoisotopic (exact) mass is 430 g/mol. The van der Waals surface area contributed by atoms with Gasteiger partial charge < -0.3 is 25.1 Å². The number of hydrogen-bond acceptors (Lipinski definition) is 8. The van der Waals surface area contributed by atoms with Crippen LogP contribution in [-0.4, -0.2) is 52.2 Å². The van der Waals surface area contributed by atoms with Crippen LogP contribution in [0.25, 0.3) is 33.3 Å². The van der Waals surface area contributed by atoms with E-state index in [1.807, 2.05) is 24.3 Å². The average molecular weight is 430 g/mol. The van der Waals surface area contributed by atoms with Crippen molar-refractivity contribution in [3.05, 3.63) is 36.7 Å². The molecule has 3 N–H and O–H groups in total. The first-order valence-corrected chi connectivity index (χ1v) is 10.7. The first kappa shape index (κ1) is 19.0. The lowest BCUT2D eigenvalue weighted by molar-refractivity contribution is -0.117. The molecule has 2 fully saturated rings. The van der Waals surface area contributed by atoms with Gasteiger partial charge in [-0.1, -0.05) is 0 Å². The van der Waals surface area contributed by atoms with E-state index in [1.165, 1.54) is 0 Å². The van der Waals surface area contributed by atoms with Crippen molar-refractivity contribution in [2.45, 2.75) is 18.9 Å². The molecule has 2 aliphatic rings. The molecule has 1 saturated heterocycles. The first-order valence-electron chi connectivity index (χ1n) is 10.7. The van der Waals surface area contributed by atoms with Crippen molar-refractivity contribution >= 4 is 45.1 Å². The number of aliphatic hydroxyl groups is 1. The van der Waals surface area contributed by atoms with E-state index in [2.05, 4.69) is 25.5 Å². The molecule has 9 nitrogen and oxygen atoms in total. The Bertz CT molecular complexity index is 1360. The van der Waals surface area contributed by atoms with Crippen molar-refractivity contribution in [3.63, 3.8) is 0 Å². The number of nitrogens with one attached hydrogen (secondary N) is 2. The van der Waals surface area contributed by atoms with E-state index in [-0.39, 0.29) is 17.9 Å². The molecule has 0 bridgehead atoms. The molecule has 1 aliphatic heterocycles.